The predicted molar refractivity (Wildman–Crippen MR) is 95.1 cm³/mol. The van der Waals surface area contributed by atoms with Crippen LogP contribution in [0.4, 0.5) is 0 Å². The van der Waals surface area contributed by atoms with E-state index in [4.69, 9.17) is 0 Å². The van der Waals surface area contributed by atoms with Crippen molar-refractivity contribution in [3.8, 4) is 0 Å². The molecule has 0 N–H and O–H groups in total. The molecule has 2 aromatic heterocycles. The van der Waals surface area contributed by atoms with Crippen LogP contribution in [0.5, 0.6) is 0 Å². The van der Waals surface area contributed by atoms with Crippen LogP contribution in [-0.2, 0) is 13.1 Å². The van der Waals surface area contributed by atoms with Gasteiger partial charge in [-0.2, -0.15) is 9.13 Å². The fourth-order valence-electron chi connectivity index (χ4n) is 1.99. The summed E-state index contributed by atoms with van der Waals surface area (Å²) in [5, 5.41) is 1.28. The Balaban J connectivity index is 1.95. The zero-order valence-corrected chi connectivity index (χ0v) is 14.4. The van der Waals surface area contributed by atoms with Gasteiger partial charge in [0.2, 0.25) is 18.1 Å². The molecule has 0 aliphatic rings. The molecule has 2 heterocycles. The van der Waals surface area contributed by atoms with Gasteiger partial charge in [-0.15, -0.1) is 24.9 Å². The number of hydrogen-bond acceptors (Lipinski definition) is 2. The van der Waals surface area contributed by atoms with Crippen molar-refractivity contribution in [2.45, 2.75) is 23.0 Å². The molecule has 2 nitrogen and oxygen atoms in total. The number of pyridine rings is 2. The fraction of sp³-hybridized carbons (Fsp3) is 0.222. The van der Waals surface area contributed by atoms with E-state index in [1.54, 1.807) is 11.8 Å². The number of hydrogen-bond donors (Lipinski definition) is 0. The Morgan fingerprint density at radius 1 is 0.864 bits per heavy atom. The van der Waals surface area contributed by atoms with Crippen molar-refractivity contribution in [1.82, 2.24) is 0 Å². The Morgan fingerprint density at radius 2 is 1.59 bits per heavy atom. The highest BCUT2D eigenvalue weighted by molar-refractivity contribution is 7.99. The normalized spacial score (nSPS) is 10.4. The molecule has 0 fully saturated rings. The molecule has 0 atom stereocenters. The SMILES string of the molecule is C=CCSc1cc[n+](CC[n+]2ccccc2SCC=C)cc1. The molecule has 2 aromatic rings. The Bertz CT molecular complexity index is 609. The number of nitrogens with zero attached hydrogens (tertiary/aromatic N) is 2. The van der Waals surface area contributed by atoms with Gasteiger partial charge in [0.1, 0.15) is 0 Å². The standard InChI is InChI=1S/C18H22N2S2/c1-3-15-21-17-8-11-19(12-9-17)13-14-20-10-6-5-7-18(20)22-16-4-2/h3-12H,1-2,13-16H2/q+2. The second kappa shape index (κ2) is 9.49. The van der Waals surface area contributed by atoms with E-state index in [0.717, 1.165) is 24.6 Å². The lowest BCUT2D eigenvalue weighted by Crippen LogP contribution is -2.45. The monoisotopic (exact) mass is 330 g/mol. The smallest absolute Gasteiger partial charge is 0.198 e. The molecule has 114 valence electrons. The molecule has 22 heavy (non-hydrogen) atoms. The first-order valence-corrected chi connectivity index (χ1v) is 9.25. The molecule has 0 saturated carbocycles. The van der Waals surface area contributed by atoms with Crippen LogP contribution in [0.2, 0.25) is 0 Å². The van der Waals surface area contributed by atoms with Gasteiger partial charge in [0.05, 0.1) is 0 Å². The second-order valence-corrected chi connectivity index (χ2v) is 6.84. The molecule has 0 bridgehead atoms. The average Bonchev–Trinajstić information content (AvgIpc) is 2.58. The van der Waals surface area contributed by atoms with Gasteiger partial charge in [0.15, 0.2) is 18.6 Å². The lowest BCUT2D eigenvalue weighted by molar-refractivity contribution is -0.796. The van der Waals surface area contributed by atoms with Crippen LogP contribution in [0.25, 0.3) is 0 Å². The van der Waals surface area contributed by atoms with E-state index in [1.165, 1.54) is 9.92 Å². The van der Waals surface area contributed by atoms with Crippen LogP contribution in [0.1, 0.15) is 0 Å². The molecule has 2 rings (SSSR count). The van der Waals surface area contributed by atoms with E-state index in [9.17, 15) is 0 Å². The van der Waals surface area contributed by atoms with Crippen molar-refractivity contribution in [3.63, 3.8) is 0 Å². The maximum Gasteiger partial charge on any atom is 0.240 e. The summed E-state index contributed by atoms with van der Waals surface area (Å²) in [4.78, 5) is 1.28. The van der Waals surface area contributed by atoms with Crippen LogP contribution < -0.4 is 9.13 Å². The summed E-state index contributed by atoms with van der Waals surface area (Å²) in [7, 11) is 0. The molecule has 0 saturated heterocycles. The maximum atomic E-state index is 3.79. The topological polar surface area (TPSA) is 7.76 Å². The van der Waals surface area contributed by atoms with E-state index < -0.39 is 0 Å². The molecule has 0 aliphatic heterocycles. The van der Waals surface area contributed by atoms with Gasteiger partial charge in [-0.25, -0.2) is 0 Å². The molecular weight excluding hydrogens is 308 g/mol. The van der Waals surface area contributed by atoms with Gasteiger partial charge in [-0.05, 0) is 6.07 Å². The summed E-state index contributed by atoms with van der Waals surface area (Å²) in [6, 6.07) is 10.7. The van der Waals surface area contributed by atoms with Crippen LogP contribution >= 0.6 is 23.5 Å². The lowest BCUT2D eigenvalue weighted by atomic mass is 10.4. The summed E-state index contributed by atoms with van der Waals surface area (Å²) in [6.07, 6.45) is 10.3. The Hall–Kier alpha value is -1.52. The summed E-state index contributed by atoms with van der Waals surface area (Å²) in [5.74, 6) is 1.89. The van der Waals surface area contributed by atoms with E-state index in [-0.39, 0.29) is 0 Å². The second-order valence-electron chi connectivity index (χ2n) is 4.70. The zero-order valence-electron chi connectivity index (χ0n) is 12.7. The van der Waals surface area contributed by atoms with Crippen molar-refractivity contribution in [1.29, 1.82) is 0 Å². The first-order valence-electron chi connectivity index (χ1n) is 7.28. The molecule has 0 spiro atoms. The van der Waals surface area contributed by atoms with E-state index in [2.05, 4.69) is 71.2 Å². The minimum absolute atomic E-state index is 0.937. The van der Waals surface area contributed by atoms with Gasteiger partial charge in [0, 0.05) is 40.7 Å². The number of aromatic nitrogens is 2. The van der Waals surface area contributed by atoms with Crippen molar-refractivity contribution >= 4 is 23.5 Å². The van der Waals surface area contributed by atoms with Crippen LogP contribution in [0, 0.1) is 0 Å². The first-order chi connectivity index (χ1) is 10.8. The first kappa shape index (κ1) is 16.8. The third-order valence-electron chi connectivity index (χ3n) is 3.08. The average molecular weight is 331 g/mol. The zero-order chi connectivity index (χ0) is 15.6. The highest BCUT2D eigenvalue weighted by atomic mass is 32.2. The quantitative estimate of drug-likeness (QED) is 0.395. The molecular formula is C18H22N2S2+2. The maximum absolute atomic E-state index is 3.79. The molecule has 0 aliphatic carbocycles. The minimum Gasteiger partial charge on any atom is -0.198 e. The van der Waals surface area contributed by atoms with Crippen LogP contribution in [0.15, 0.2) is 84.2 Å². The summed E-state index contributed by atoms with van der Waals surface area (Å²) < 4.78 is 4.52. The third kappa shape index (κ3) is 5.35. The van der Waals surface area contributed by atoms with E-state index >= 15 is 0 Å². The molecule has 0 radical (unpaired) electrons. The number of rotatable bonds is 9. The fourth-order valence-corrected chi connectivity index (χ4v) is 3.39. The molecule has 0 aromatic carbocycles. The van der Waals surface area contributed by atoms with E-state index in [0.29, 0.717) is 0 Å². The van der Waals surface area contributed by atoms with E-state index in [1.807, 2.05) is 23.9 Å². The molecule has 0 unspecified atom stereocenters. The van der Waals surface area contributed by atoms with Crippen LogP contribution in [-0.4, -0.2) is 11.5 Å². The predicted octanol–water partition coefficient (Wildman–Crippen LogP) is 3.52. The third-order valence-corrected chi connectivity index (χ3v) is 5.15. The van der Waals surface area contributed by atoms with Crippen molar-refractivity contribution in [2.24, 2.45) is 0 Å². The van der Waals surface area contributed by atoms with Crippen molar-refractivity contribution in [2.75, 3.05) is 11.5 Å². The lowest BCUT2D eigenvalue weighted by Gasteiger charge is -2.01. The van der Waals surface area contributed by atoms with Gasteiger partial charge < -0.3 is 0 Å². The largest absolute Gasteiger partial charge is 0.240 e. The highest BCUT2D eigenvalue weighted by Gasteiger charge is 2.12. The number of aryl methyl sites for hydroxylation is 2. The Kier molecular flexibility index (Phi) is 7.26. The highest BCUT2D eigenvalue weighted by Crippen LogP contribution is 2.15. The van der Waals surface area contributed by atoms with Crippen LogP contribution in [0.3, 0.4) is 0 Å². The molecule has 0 amide bonds. The summed E-state index contributed by atoms with van der Waals surface area (Å²) >= 11 is 3.62. The minimum atomic E-state index is 0.937. The van der Waals surface area contributed by atoms with Gasteiger partial charge in [0.25, 0.3) is 0 Å². The summed E-state index contributed by atoms with van der Waals surface area (Å²) in [5.41, 5.74) is 0. The van der Waals surface area contributed by atoms with Crippen molar-refractivity contribution < 1.29 is 9.13 Å². The Morgan fingerprint density at radius 3 is 2.32 bits per heavy atom. The summed E-state index contributed by atoms with van der Waals surface area (Å²) in [6.45, 7) is 9.46. The van der Waals surface area contributed by atoms with Crippen molar-refractivity contribution in [3.05, 3.63) is 74.2 Å². The Labute approximate surface area is 141 Å². The van der Waals surface area contributed by atoms with Gasteiger partial charge in [-0.1, -0.05) is 23.9 Å². The number of thioether (sulfide) groups is 2. The van der Waals surface area contributed by atoms with Gasteiger partial charge >= 0.3 is 0 Å². The van der Waals surface area contributed by atoms with Gasteiger partial charge in [-0.3, -0.25) is 0 Å². The molecule has 4 heteroatoms.